The van der Waals surface area contributed by atoms with Crippen LogP contribution < -0.4 is 0 Å². The van der Waals surface area contributed by atoms with E-state index >= 15 is 0 Å². The Labute approximate surface area is 97.8 Å². The van der Waals surface area contributed by atoms with Crippen molar-refractivity contribution in [3.8, 4) is 0 Å². The fraction of sp³-hybridized carbons (Fsp3) is 1.00. The van der Waals surface area contributed by atoms with Crippen molar-refractivity contribution in [2.75, 3.05) is 0 Å². The molecule has 0 N–H and O–H groups in total. The highest BCUT2D eigenvalue weighted by atomic mass is 14.5. The van der Waals surface area contributed by atoms with Gasteiger partial charge in [0.25, 0.3) is 0 Å². The molecule has 0 aliphatic heterocycles. The van der Waals surface area contributed by atoms with Crippen molar-refractivity contribution in [1.29, 1.82) is 0 Å². The third-order valence-corrected chi connectivity index (χ3v) is 5.15. The Hall–Kier alpha value is 0. The molecule has 0 saturated heterocycles. The Morgan fingerprint density at radius 2 is 1.33 bits per heavy atom. The van der Waals surface area contributed by atoms with Crippen LogP contribution >= 0.6 is 0 Å². The lowest BCUT2D eigenvalue weighted by Crippen LogP contribution is -2.43. The van der Waals surface area contributed by atoms with Gasteiger partial charge >= 0.3 is 0 Å². The van der Waals surface area contributed by atoms with E-state index in [1.807, 2.05) is 0 Å². The molecule has 0 amide bonds. The molecule has 0 fully saturated rings. The zero-order valence-electron chi connectivity index (χ0n) is 12.1. The first-order valence-electron chi connectivity index (χ1n) is 6.94. The number of hydrogen-bond donors (Lipinski definition) is 0. The van der Waals surface area contributed by atoms with Gasteiger partial charge in [-0.2, -0.15) is 0 Å². The van der Waals surface area contributed by atoms with E-state index in [0.717, 1.165) is 5.92 Å². The second-order valence-corrected chi connectivity index (χ2v) is 5.68. The first-order chi connectivity index (χ1) is 6.94. The van der Waals surface area contributed by atoms with Gasteiger partial charge in [0.2, 0.25) is 0 Å². The maximum absolute atomic E-state index is 2.52. The van der Waals surface area contributed by atoms with E-state index in [-0.39, 0.29) is 0 Å². The van der Waals surface area contributed by atoms with E-state index in [4.69, 9.17) is 0 Å². The van der Waals surface area contributed by atoms with E-state index in [0.29, 0.717) is 10.8 Å². The Balaban J connectivity index is 5.16. The molecule has 0 spiro atoms. The highest BCUT2D eigenvalue weighted by molar-refractivity contribution is 4.94. The third-order valence-electron chi connectivity index (χ3n) is 5.15. The summed E-state index contributed by atoms with van der Waals surface area (Å²) in [5.74, 6) is 0.795. The minimum absolute atomic E-state index is 0.527. The summed E-state index contributed by atoms with van der Waals surface area (Å²) in [4.78, 5) is 0. The van der Waals surface area contributed by atoms with E-state index in [1.165, 1.54) is 32.1 Å². The van der Waals surface area contributed by atoms with Crippen LogP contribution in [0.2, 0.25) is 0 Å². The summed E-state index contributed by atoms with van der Waals surface area (Å²) in [7, 11) is 0. The summed E-state index contributed by atoms with van der Waals surface area (Å²) in [5, 5.41) is 0. The normalized spacial score (nSPS) is 16.8. The fourth-order valence-corrected chi connectivity index (χ4v) is 3.95. The van der Waals surface area contributed by atoms with Crippen molar-refractivity contribution in [3.63, 3.8) is 0 Å². The van der Waals surface area contributed by atoms with Gasteiger partial charge in [0.05, 0.1) is 0 Å². The SMILES string of the molecule is CCCC(C)(CC)C(CC)(CC)C(C)C. The zero-order chi connectivity index (χ0) is 12.1. The van der Waals surface area contributed by atoms with Crippen molar-refractivity contribution < 1.29 is 0 Å². The maximum atomic E-state index is 2.52. The first-order valence-corrected chi connectivity index (χ1v) is 6.94. The minimum atomic E-state index is 0.527. The Kier molecular flexibility index (Phi) is 5.92. The minimum Gasteiger partial charge on any atom is -0.0654 e. The molecule has 1 atom stereocenters. The van der Waals surface area contributed by atoms with Crippen LogP contribution in [0.4, 0.5) is 0 Å². The number of hydrogen-bond acceptors (Lipinski definition) is 0. The fourth-order valence-electron chi connectivity index (χ4n) is 3.95. The lowest BCUT2D eigenvalue weighted by atomic mass is 9.53. The van der Waals surface area contributed by atoms with Gasteiger partial charge in [-0.1, -0.05) is 61.3 Å². The third kappa shape index (κ3) is 2.57. The van der Waals surface area contributed by atoms with Gasteiger partial charge in [-0.3, -0.25) is 0 Å². The molecule has 0 heterocycles. The molecule has 0 heteroatoms. The van der Waals surface area contributed by atoms with Crippen LogP contribution in [0.5, 0.6) is 0 Å². The number of rotatable bonds is 7. The second-order valence-electron chi connectivity index (χ2n) is 5.68. The van der Waals surface area contributed by atoms with Gasteiger partial charge in [0.1, 0.15) is 0 Å². The predicted octanol–water partition coefficient (Wildman–Crippen LogP) is 5.67. The van der Waals surface area contributed by atoms with Crippen LogP contribution in [0.3, 0.4) is 0 Å². The summed E-state index contributed by atoms with van der Waals surface area (Å²) in [6.45, 7) is 16.8. The highest BCUT2D eigenvalue weighted by Crippen LogP contribution is 2.54. The average molecular weight is 212 g/mol. The predicted molar refractivity (Wildman–Crippen MR) is 71.2 cm³/mol. The molecule has 0 aromatic rings. The molecule has 1 unspecified atom stereocenters. The van der Waals surface area contributed by atoms with Gasteiger partial charge in [-0.05, 0) is 36.0 Å². The second kappa shape index (κ2) is 5.92. The maximum Gasteiger partial charge on any atom is -0.0226 e. The zero-order valence-corrected chi connectivity index (χ0v) is 12.1. The van der Waals surface area contributed by atoms with Crippen molar-refractivity contribution in [2.24, 2.45) is 16.7 Å². The van der Waals surface area contributed by atoms with Gasteiger partial charge in [0.15, 0.2) is 0 Å². The standard InChI is InChI=1S/C15H32/c1-8-12-14(7,9-2)15(10-3,11-4)13(5)6/h13H,8-12H2,1-7H3. The van der Waals surface area contributed by atoms with Crippen molar-refractivity contribution >= 4 is 0 Å². The molecule has 0 rings (SSSR count). The average Bonchev–Trinajstić information content (AvgIpc) is 2.20. The van der Waals surface area contributed by atoms with Crippen LogP contribution in [-0.4, -0.2) is 0 Å². The van der Waals surface area contributed by atoms with Crippen LogP contribution in [-0.2, 0) is 0 Å². The van der Waals surface area contributed by atoms with Crippen LogP contribution in [0, 0.1) is 16.7 Å². The van der Waals surface area contributed by atoms with E-state index in [1.54, 1.807) is 0 Å². The van der Waals surface area contributed by atoms with E-state index in [9.17, 15) is 0 Å². The summed E-state index contributed by atoms with van der Waals surface area (Å²) in [6, 6.07) is 0. The monoisotopic (exact) mass is 212 g/mol. The summed E-state index contributed by atoms with van der Waals surface area (Å²) in [6.07, 6.45) is 6.67. The van der Waals surface area contributed by atoms with Gasteiger partial charge in [0, 0.05) is 0 Å². The summed E-state index contributed by atoms with van der Waals surface area (Å²) >= 11 is 0. The van der Waals surface area contributed by atoms with Crippen molar-refractivity contribution in [2.45, 2.75) is 80.6 Å². The molecular weight excluding hydrogens is 180 g/mol. The molecule has 0 bridgehead atoms. The van der Waals surface area contributed by atoms with Crippen molar-refractivity contribution in [3.05, 3.63) is 0 Å². The summed E-state index contributed by atoms with van der Waals surface area (Å²) in [5.41, 5.74) is 1.07. The molecule has 15 heavy (non-hydrogen) atoms. The molecule has 0 aromatic carbocycles. The molecule has 0 aliphatic carbocycles. The lowest BCUT2D eigenvalue weighted by Gasteiger charge is -2.51. The molecule has 0 radical (unpaired) electrons. The van der Waals surface area contributed by atoms with Gasteiger partial charge < -0.3 is 0 Å². The van der Waals surface area contributed by atoms with Crippen LogP contribution in [0.1, 0.15) is 80.6 Å². The molecule has 0 aromatic heterocycles. The first kappa shape index (κ1) is 15.0. The summed E-state index contributed by atoms with van der Waals surface area (Å²) < 4.78 is 0. The smallest absolute Gasteiger partial charge is 0.0226 e. The van der Waals surface area contributed by atoms with Gasteiger partial charge in [-0.25, -0.2) is 0 Å². The van der Waals surface area contributed by atoms with E-state index in [2.05, 4.69) is 48.5 Å². The molecule has 0 saturated carbocycles. The molecular formula is C15H32. The largest absolute Gasteiger partial charge is 0.0654 e. The van der Waals surface area contributed by atoms with Crippen LogP contribution in [0.25, 0.3) is 0 Å². The quantitative estimate of drug-likeness (QED) is 0.510. The molecule has 92 valence electrons. The van der Waals surface area contributed by atoms with Gasteiger partial charge in [-0.15, -0.1) is 0 Å². The van der Waals surface area contributed by atoms with Crippen LogP contribution in [0.15, 0.2) is 0 Å². The Bertz CT molecular complexity index is 165. The van der Waals surface area contributed by atoms with E-state index < -0.39 is 0 Å². The molecule has 0 nitrogen and oxygen atoms in total. The Morgan fingerprint density at radius 3 is 1.53 bits per heavy atom. The molecule has 0 aliphatic rings. The lowest BCUT2D eigenvalue weighted by molar-refractivity contribution is -0.0183. The van der Waals surface area contributed by atoms with Crippen molar-refractivity contribution in [1.82, 2.24) is 0 Å². The Morgan fingerprint density at radius 1 is 0.867 bits per heavy atom. The topological polar surface area (TPSA) is 0 Å². The highest BCUT2D eigenvalue weighted by Gasteiger charge is 2.45.